The second kappa shape index (κ2) is 15.8. The predicted molar refractivity (Wildman–Crippen MR) is 161 cm³/mol. The monoisotopic (exact) mass is 579 g/mol. The number of hydrogen-bond donors (Lipinski definition) is 3. The van der Waals surface area contributed by atoms with E-state index in [1.165, 1.54) is 0 Å². The molecule has 0 bridgehead atoms. The summed E-state index contributed by atoms with van der Waals surface area (Å²) in [6, 6.07) is 22.7. The molecule has 0 heterocycles. The molecule has 0 spiro atoms. The van der Waals surface area contributed by atoms with E-state index in [1.807, 2.05) is 54.6 Å². The van der Waals surface area contributed by atoms with Gasteiger partial charge in [-0.25, -0.2) is 4.79 Å². The number of hydrogen-bond acceptors (Lipinski definition) is 6. The predicted octanol–water partition coefficient (Wildman–Crippen LogP) is 5.51. The third kappa shape index (κ3) is 9.06. The van der Waals surface area contributed by atoms with E-state index in [-0.39, 0.29) is 42.8 Å². The molecule has 8 nitrogen and oxygen atoms in total. The van der Waals surface area contributed by atoms with E-state index in [0.717, 1.165) is 31.2 Å². The highest BCUT2D eigenvalue weighted by atomic mass is 35.5. The number of para-hydroxylation sites is 2. The Bertz CT molecular complexity index is 1300. The van der Waals surface area contributed by atoms with Crippen molar-refractivity contribution in [3.63, 3.8) is 0 Å². The smallest absolute Gasteiger partial charge is 0.340 e. The van der Waals surface area contributed by atoms with Crippen molar-refractivity contribution in [2.45, 2.75) is 45.1 Å². The molecule has 1 fully saturated rings. The minimum Gasteiger partial charge on any atom is -0.462 e. The van der Waals surface area contributed by atoms with Crippen molar-refractivity contribution < 1.29 is 23.9 Å². The van der Waals surface area contributed by atoms with Gasteiger partial charge in [0.2, 0.25) is 11.8 Å². The molecule has 1 unspecified atom stereocenters. The Morgan fingerprint density at radius 2 is 1.59 bits per heavy atom. The zero-order valence-corrected chi connectivity index (χ0v) is 24.0. The maximum absolute atomic E-state index is 13.6. The topological polar surface area (TPSA) is 120 Å². The average molecular weight is 580 g/mol. The fourth-order valence-corrected chi connectivity index (χ4v) is 4.95. The number of carbonyl (C=O) groups excluding carboxylic acids is 3. The van der Waals surface area contributed by atoms with Gasteiger partial charge in [-0.15, -0.1) is 12.4 Å². The molecular formula is C32H38ClN3O5. The molecule has 218 valence electrons. The maximum atomic E-state index is 13.6. The van der Waals surface area contributed by atoms with Crippen molar-refractivity contribution in [1.82, 2.24) is 5.32 Å². The number of nitrogens with one attached hydrogen (secondary N) is 2. The lowest BCUT2D eigenvalue weighted by molar-refractivity contribution is -0.130. The summed E-state index contributed by atoms with van der Waals surface area (Å²) in [5.74, 6) is 0.503. The molecule has 1 atom stereocenters. The highest BCUT2D eigenvalue weighted by molar-refractivity contribution is 6.03. The van der Waals surface area contributed by atoms with Crippen LogP contribution >= 0.6 is 12.4 Å². The van der Waals surface area contributed by atoms with Crippen LogP contribution in [0.2, 0.25) is 0 Å². The number of rotatable bonds is 11. The van der Waals surface area contributed by atoms with Crippen LogP contribution in [0.4, 0.5) is 5.69 Å². The Kier molecular flexibility index (Phi) is 12.2. The number of anilines is 1. The quantitative estimate of drug-likeness (QED) is 0.258. The first-order chi connectivity index (χ1) is 19.5. The highest BCUT2D eigenvalue weighted by Gasteiger charge is 2.30. The Morgan fingerprint density at radius 1 is 0.902 bits per heavy atom. The SMILES string of the molecule is CCOC(=O)c1ccccc1NC(=O)C(Cc1cccc(Oc2ccccc2)c1)NC(=O)C1CCC(CN)CC1.Cl. The van der Waals surface area contributed by atoms with Gasteiger partial charge in [0.05, 0.1) is 17.9 Å². The van der Waals surface area contributed by atoms with Gasteiger partial charge in [0.1, 0.15) is 17.5 Å². The van der Waals surface area contributed by atoms with Gasteiger partial charge in [0, 0.05) is 12.3 Å². The summed E-state index contributed by atoms with van der Waals surface area (Å²) in [6.07, 6.45) is 3.53. The number of halogens is 1. The third-order valence-corrected chi connectivity index (χ3v) is 7.18. The van der Waals surface area contributed by atoms with E-state index in [2.05, 4.69) is 10.6 Å². The minimum atomic E-state index is -0.873. The number of ether oxygens (including phenoxy) is 2. The Balaban J connectivity index is 0.00000462. The molecule has 9 heteroatoms. The van der Waals surface area contributed by atoms with Gasteiger partial charge >= 0.3 is 5.97 Å². The Morgan fingerprint density at radius 3 is 2.29 bits per heavy atom. The molecule has 0 aromatic heterocycles. The Labute approximate surface area is 247 Å². The van der Waals surface area contributed by atoms with Crippen LogP contribution in [0.5, 0.6) is 11.5 Å². The first-order valence-corrected chi connectivity index (χ1v) is 13.9. The number of nitrogens with two attached hydrogens (primary N) is 1. The van der Waals surface area contributed by atoms with E-state index in [0.29, 0.717) is 29.6 Å². The van der Waals surface area contributed by atoms with Gasteiger partial charge in [-0.1, -0.05) is 42.5 Å². The number of benzene rings is 3. The van der Waals surface area contributed by atoms with E-state index in [4.69, 9.17) is 15.2 Å². The minimum absolute atomic E-state index is 0. The van der Waals surface area contributed by atoms with Crippen molar-refractivity contribution >= 4 is 35.9 Å². The summed E-state index contributed by atoms with van der Waals surface area (Å²) < 4.78 is 11.1. The number of carbonyl (C=O) groups is 3. The van der Waals surface area contributed by atoms with E-state index < -0.39 is 17.9 Å². The summed E-state index contributed by atoms with van der Waals surface area (Å²) in [5, 5.41) is 5.84. The lowest BCUT2D eigenvalue weighted by atomic mass is 9.81. The molecule has 41 heavy (non-hydrogen) atoms. The number of esters is 1. The largest absolute Gasteiger partial charge is 0.462 e. The Hall–Kier alpha value is -3.88. The number of amides is 2. The lowest BCUT2D eigenvalue weighted by Crippen LogP contribution is -2.48. The summed E-state index contributed by atoms with van der Waals surface area (Å²) >= 11 is 0. The normalized spacial score (nSPS) is 16.9. The van der Waals surface area contributed by atoms with Gasteiger partial charge in [0.15, 0.2) is 0 Å². The van der Waals surface area contributed by atoms with Crippen LogP contribution in [0.3, 0.4) is 0 Å². The van der Waals surface area contributed by atoms with Crippen molar-refractivity contribution in [3.8, 4) is 11.5 Å². The van der Waals surface area contributed by atoms with Crippen molar-refractivity contribution in [3.05, 3.63) is 90.0 Å². The maximum Gasteiger partial charge on any atom is 0.340 e. The standard InChI is InChI=1S/C32H37N3O5.ClH/c1-2-39-32(38)27-13-6-7-14-28(27)34-31(37)29(35-30(36)24-17-15-22(21-33)16-18-24)20-23-9-8-12-26(19-23)40-25-10-4-3-5-11-25;/h3-14,19,22,24,29H,2,15-18,20-21,33H2,1H3,(H,34,37)(H,35,36);1H. The second-order valence-corrected chi connectivity index (χ2v) is 10.0. The van der Waals surface area contributed by atoms with Crippen LogP contribution in [0.1, 0.15) is 48.5 Å². The van der Waals surface area contributed by atoms with Crippen LogP contribution in [0, 0.1) is 11.8 Å². The van der Waals surface area contributed by atoms with E-state index in [9.17, 15) is 14.4 Å². The van der Waals surface area contributed by atoms with Gasteiger partial charge in [-0.05, 0) is 87.0 Å². The highest BCUT2D eigenvalue weighted by Crippen LogP contribution is 2.29. The molecule has 1 aliphatic carbocycles. The first-order valence-electron chi connectivity index (χ1n) is 13.9. The molecular weight excluding hydrogens is 542 g/mol. The van der Waals surface area contributed by atoms with Crippen LogP contribution in [0.25, 0.3) is 0 Å². The van der Waals surface area contributed by atoms with E-state index >= 15 is 0 Å². The summed E-state index contributed by atoms with van der Waals surface area (Å²) in [5.41, 5.74) is 7.22. The summed E-state index contributed by atoms with van der Waals surface area (Å²) in [4.78, 5) is 39.4. The average Bonchev–Trinajstić information content (AvgIpc) is 2.98. The van der Waals surface area contributed by atoms with Crippen LogP contribution < -0.4 is 21.1 Å². The van der Waals surface area contributed by atoms with Crippen molar-refractivity contribution in [1.29, 1.82) is 0 Å². The van der Waals surface area contributed by atoms with Crippen molar-refractivity contribution in [2.24, 2.45) is 17.6 Å². The first kappa shape index (κ1) is 31.6. The fourth-order valence-electron chi connectivity index (χ4n) is 4.95. The van der Waals surface area contributed by atoms with Gasteiger partial charge < -0.3 is 25.8 Å². The summed E-state index contributed by atoms with van der Waals surface area (Å²) in [6.45, 7) is 2.56. The molecule has 3 aromatic rings. The van der Waals surface area contributed by atoms with Crippen LogP contribution in [-0.2, 0) is 20.7 Å². The van der Waals surface area contributed by atoms with Crippen LogP contribution in [-0.4, -0.2) is 37.0 Å². The molecule has 2 amide bonds. The summed E-state index contributed by atoms with van der Waals surface area (Å²) in [7, 11) is 0. The lowest BCUT2D eigenvalue weighted by Gasteiger charge is -2.28. The molecule has 1 aliphatic rings. The third-order valence-electron chi connectivity index (χ3n) is 7.18. The molecule has 0 aliphatic heterocycles. The van der Waals surface area contributed by atoms with Crippen LogP contribution in [0.15, 0.2) is 78.9 Å². The fraction of sp³-hybridized carbons (Fsp3) is 0.344. The van der Waals surface area contributed by atoms with Gasteiger partial charge in [-0.2, -0.15) is 0 Å². The molecule has 0 radical (unpaired) electrons. The molecule has 3 aromatic carbocycles. The zero-order chi connectivity index (χ0) is 28.3. The van der Waals surface area contributed by atoms with Gasteiger partial charge in [0.25, 0.3) is 0 Å². The second-order valence-electron chi connectivity index (χ2n) is 10.0. The molecule has 4 N–H and O–H groups in total. The zero-order valence-electron chi connectivity index (χ0n) is 23.2. The van der Waals surface area contributed by atoms with E-state index in [1.54, 1.807) is 31.2 Å². The molecule has 0 saturated heterocycles. The van der Waals surface area contributed by atoms with Crippen molar-refractivity contribution in [2.75, 3.05) is 18.5 Å². The van der Waals surface area contributed by atoms with Gasteiger partial charge in [-0.3, -0.25) is 9.59 Å². The molecule has 1 saturated carbocycles. The molecule has 4 rings (SSSR count).